The van der Waals surface area contributed by atoms with E-state index in [9.17, 15) is 4.79 Å². The highest BCUT2D eigenvalue weighted by Crippen LogP contribution is 2.28. The van der Waals surface area contributed by atoms with Crippen molar-refractivity contribution in [2.45, 2.75) is 11.4 Å². The lowest BCUT2D eigenvalue weighted by molar-refractivity contribution is 0.404. The zero-order valence-electron chi connectivity index (χ0n) is 12.7. The minimum atomic E-state index is -0.0517. The maximum absolute atomic E-state index is 12.6. The summed E-state index contributed by atoms with van der Waals surface area (Å²) in [6, 6.07) is 11.5. The first kappa shape index (κ1) is 16.1. The molecule has 1 aromatic heterocycles. The standard InChI is InChI=1S/C17H15BrN2O2S/c1-22-15-7-11(3-6-16(15)23-2)9-20-10-19-14-5-4-12(18)8-13(14)17(20)21/h3-8,10H,9H2,1-2H3. The Kier molecular flexibility index (Phi) is 4.73. The molecule has 23 heavy (non-hydrogen) atoms. The lowest BCUT2D eigenvalue weighted by Gasteiger charge is -2.10. The SMILES string of the molecule is COc1cc(Cn2cnc3ccc(Br)cc3c2=O)ccc1SC. The average Bonchev–Trinajstić information content (AvgIpc) is 2.57. The second kappa shape index (κ2) is 6.76. The lowest BCUT2D eigenvalue weighted by atomic mass is 10.2. The van der Waals surface area contributed by atoms with Gasteiger partial charge < -0.3 is 4.74 Å². The van der Waals surface area contributed by atoms with Crippen LogP contribution in [0.3, 0.4) is 0 Å². The van der Waals surface area contributed by atoms with Crippen molar-refractivity contribution < 1.29 is 4.74 Å². The highest BCUT2D eigenvalue weighted by molar-refractivity contribution is 9.10. The van der Waals surface area contributed by atoms with Gasteiger partial charge in [-0.25, -0.2) is 4.98 Å². The Morgan fingerprint density at radius 3 is 2.83 bits per heavy atom. The van der Waals surface area contributed by atoms with Gasteiger partial charge in [0.15, 0.2) is 0 Å². The predicted molar refractivity (Wildman–Crippen MR) is 97.6 cm³/mol. The van der Waals surface area contributed by atoms with E-state index in [1.165, 1.54) is 0 Å². The number of thioether (sulfide) groups is 1. The molecule has 0 spiro atoms. The van der Waals surface area contributed by atoms with E-state index in [0.717, 1.165) is 20.7 Å². The molecule has 4 nitrogen and oxygen atoms in total. The summed E-state index contributed by atoms with van der Waals surface area (Å²) in [6.45, 7) is 0.458. The maximum atomic E-state index is 12.6. The number of hydrogen-bond acceptors (Lipinski definition) is 4. The van der Waals surface area contributed by atoms with E-state index in [0.29, 0.717) is 17.4 Å². The summed E-state index contributed by atoms with van der Waals surface area (Å²) in [6.07, 6.45) is 3.60. The number of methoxy groups -OCH3 is 1. The summed E-state index contributed by atoms with van der Waals surface area (Å²) in [7, 11) is 1.65. The number of ether oxygens (including phenoxy) is 1. The molecule has 0 N–H and O–H groups in total. The number of rotatable bonds is 4. The molecule has 3 aromatic rings. The fourth-order valence-electron chi connectivity index (χ4n) is 2.42. The predicted octanol–water partition coefficient (Wildman–Crippen LogP) is 3.94. The zero-order chi connectivity index (χ0) is 16.4. The van der Waals surface area contributed by atoms with Crippen LogP contribution >= 0.6 is 27.7 Å². The van der Waals surface area contributed by atoms with E-state index in [1.54, 1.807) is 35.8 Å². The molecule has 3 rings (SSSR count). The Balaban J connectivity index is 2.02. The molecule has 0 radical (unpaired) electrons. The number of benzene rings is 2. The zero-order valence-corrected chi connectivity index (χ0v) is 15.1. The van der Waals surface area contributed by atoms with Crippen LogP contribution in [0.15, 0.2) is 56.9 Å². The quantitative estimate of drug-likeness (QED) is 0.632. The molecule has 0 bridgehead atoms. The van der Waals surface area contributed by atoms with E-state index in [2.05, 4.69) is 20.9 Å². The molecule has 6 heteroatoms. The summed E-state index contributed by atoms with van der Waals surface area (Å²) in [5.74, 6) is 0.819. The van der Waals surface area contributed by atoms with Crippen molar-refractivity contribution in [1.29, 1.82) is 0 Å². The minimum absolute atomic E-state index is 0.0517. The molecular formula is C17H15BrN2O2S. The van der Waals surface area contributed by atoms with Gasteiger partial charge in [-0.05, 0) is 42.2 Å². The van der Waals surface area contributed by atoms with Crippen LogP contribution < -0.4 is 10.3 Å². The Morgan fingerprint density at radius 2 is 2.09 bits per heavy atom. The van der Waals surface area contributed by atoms with Gasteiger partial charge in [-0.3, -0.25) is 9.36 Å². The first-order valence-corrected chi connectivity index (χ1v) is 9.00. The van der Waals surface area contributed by atoms with Gasteiger partial charge >= 0.3 is 0 Å². The molecule has 2 aromatic carbocycles. The average molecular weight is 391 g/mol. The number of halogens is 1. The van der Waals surface area contributed by atoms with Crippen LogP contribution in [0.5, 0.6) is 5.75 Å². The fraction of sp³-hybridized carbons (Fsp3) is 0.176. The summed E-state index contributed by atoms with van der Waals surface area (Å²) in [5, 5.41) is 0.606. The molecule has 0 fully saturated rings. The van der Waals surface area contributed by atoms with Crippen LogP contribution in [-0.2, 0) is 6.54 Å². The van der Waals surface area contributed by atoms with Crippen LogP contribution in [0.25, 0.3) is 10.9 Å². The first-order chi connectivity index (χ1) is 11.1. The molecule has 0 saturated heterocycles. The second-order valence-electron chi connectivity index (χ2n) is 5.03. The summed E-state index contributed by atoms with van der Waals surface area (Å²) in [4.78, 5) is 18.1. The number of nitrogens with zero attached hydrogens (tertiary/aromatic N) is 2. The van der Waals surface area contributed by atoms with E-state index in [1.807, 2.05) is 36.6 Å². The van der Waals surface area contributed by atoms with E-state index in [4.69, 9.17) is 4.74 Å². The summed E-state index contributed by atoms with van der Waals surface area (Å²) < 4.78 is 7.88. The van der Waals surface area contributed by atoms with Gasteiger partial charge in [-0.2, -0.15) is 0 Å². The smallest absolute Gasteiger partial charge is 0.261 e. The Hall–Kier alpha value is -1.79. The van der Waals surface area contributed by atoms with E-state index < -0.39 is 0 Å². The third-order valence-corrected chi connectivity index (χ3v) is 4.86. The van der Waals surface area contributed by atoms with Crippen LogP contribution in [0.1, 0.15) is 5.56 Å². The highest BCUT2D eigenvalue weighted by atomic mass is 79.9. The lowest BCUT2D eigenvalue weighted by Crippen LogP contribution is -2.21. The molecule has 0 aliphatic heterocycles. The van der Waals surface area contributed by atoms with Gasteiger partial charge in [-0.1, -0.05) is 22.0 Å². The van der Waals surface area contributed by atoms with Crippen molar-refractivity contribution in [3.8, 4) is 5.75 Å². The number of aromatic nitrogens is 2. The monoisotopic (exact) mass is 390 g/mol. The van der Waals surface area contributed by atoms with Crippen molar-refractivity contribution in [3.05, 3.63) is 63.1 Å². The van der Waals surface area contributed by atoms with Crippen molar-refractivity contribution in [2.24, 2.45) is 0 Å². The molecule has 0 aliphatic rings. The van der Waals surface area contributed by atoms with Gasteiger partial charge in [0.05, 0.1) is 30.9 Å². The highest BCUT2D eigenvalue weighted by Gasteiger charge is 2.08. The van der Waals surface area contributed by atoms with Crippen LogP contribution in [0, 0.1) is 0 Å². The van der Waals surface area contributed by atoms with Gasteiger partial charge in [0.1, 0.15) is 5.75 Å². The molecular weight excluding hydrogens is 376 g/mol. The third kappa shape index (κ3) is 3.28. The topological polar surface area (TPSA) is 44.1 Å². The second-order valence-corrected chi connectivity index (χ2v) is 6.79. The molecule has 0 unspecified atom stereocenters. The molecule has 0 amide bonds. The largest absolute Gasteiger partial charge is 0.496 e. The van der Waals surface area contributed by atoms with Crippen molar-refractivity contribution in [3.63, 3.8) is 0 Å². The molecule has 0 atom stereocenters. The van der Waals surface area contributed by atoms with Gasteiger partial charge in [0, 0.05) is 9.37 Å². The molecule has 0 saturated carbocycles. The maximum Gasteiger partial charge on any atom is 0.261 e. The third-order valence-electron chi connectivity index (χ3n) is 3.59. The van der Waals surface area contributed by atoms with Crippen molar-refractivity contribution in [1.82, 2.24) is 9.55 Å². The summed E-state index contributed by atoms with van der Waals surface area (Å²) >= 11 is 5.03. The summed E-state index contributed by atoms with van der Waals surface area (Å²) in [5.41, 5.74) is 1.65. The molecule has 1 heterocycles. The van der Waals surface area contributed by atoms with Gasteiger partial charge in [0.2, 0.25) is 0 Å². The Morgan fingerprint density at radius 1 is 1.26 bits per heavy atom. The van der Waals surface area contributed by atoms with Crippen LogP contribution in [0.2, 0.25) is 0 Å². The molecule has 0 aliphatic carbocycles. The Labute approximate surface area is 146 Å². The normalized spacial score (nSPS) is 10.9. The van der Waals surface area contributed by atoms with Gasteiger partial charge in [-0.15, -0.1) is 11.8 Å². The van der Waals surface area contributed by atoms with Gasteiger partial charge in [0.25, 0.3) is 5.56 Å². The van der Waals surface area contributed by atoms with Crippen molar-refractivity contribution >= 4 is 38.6 Å². The van der Waals surface area contributed by atoms with Crippen LogP contribution in [-0.4, -0.2) is 22.9 Å². The Bertz CT molecular complexity index is 924. The van der Waals surface area contributed by atoms with Crippen LogP contribution in [0.4, 0.5) is 0 Å². The van der Waals surface area contributed by atoms with E-state index >= 15 is 0 Å². The fourth-order valence-corrected chi connectivity index (χ4v) is 3.33. The molecule has 118 valence electrons. The number of fused-ring (bicyclic) bond motifs is 1. The first-order valence-electron chi connectivity index (χ1n) is 6.98. The van der Waals surface area contributed by atoms with E-state index in [-0.39, 0.29) is 5.56 Å². The number of hydrogen-bond donors (Lipinski definition) is 0. The van der Waals surface area contributed by atoms with Crippen molar-refractivity contribution in [2.75, 3.05) is 13.4 Å². The minimum Gasteiger partial charge on any atom is -0.496 e.